The van der Waals surface area contributed by atoms with Crippen LogP contribution in [0.2, 0.25) is 0 Å². The van der Waals surface area contributed by atoms with Crippen molar-refractivity contribution in [3.63, 3.8) is 0 Å². The van der Waals surface area contributed by atoms with Gasteiger partial charge in [-0.15, -0.1) is 0 Å². The maximum Gasteiger partial charge on any atom is 0.274 e. The van der Waals surface area contributed by atoms with E-state index in [-0.39, 0.29) is 11.8 Å². The van der Waals surface area contributed by atoms with E-state index in [1.807, 2.05) is 37.3 Å². The molecule has 168 valence electrons. The average molecular weight is 446 g/mol. The molecule has 1 fully saturated rings. The Balaban J connectivity index is 1.37. The van der Waals surface area contributed by atoms with Crippen molar-refractivity contribution in [1.82, 2.24) is 24.4 Å². The van der Waals surface area contributed by atoms with E-state index in [0.29, 0.717) is 54.0 Å². The van der Waals surface area contributed by atoms with Crippen molar-refractivity contribution in [1.29, 1.82) is 0 Å². The Labute approximate surface area is 189 Å². The zero-order valence-electron chi connectivity index (χ0n) is 18.2. The summed E-state index contributed by atoms with van der Waals surface area (Å²) >= 11 is 0. The number of rotatable bonds is 4. The van der Waals surface area contributed by atoms with Crippen LogP contribution in [0.5, 0.6) is 0 Å². The molecule has 0 bridgehead atoms. The quantitative estimate of drug-likeness (QED) is 0.513. The summed E-state index contributed by atoms with van der Waals surface area (Å²) in [6.07, 6.45) is 2.87. The molecule has 4 heterocycles. The summed E-state index contributed by atoms with van der Waals surface area (Å²) in [4.78, 5) is 35.0. The summed E-state index contributed by atoms with van der Waals surface area (Å²) in [5.41, 5.74) is 3.33. The second-order valence-electron chi connectivity index (χ2n) is 7.84. The number of nitrogens with zero attached hydrogens (tertiary/aromatic N) is 5. The number of amides is 2. The van der Waals surface area contributed by atoms with Gasteiger partial charge in [0.25, 0.3) is 11.8 Å². The molecule has 1 unspecified atom stereocenters. The molecule has 1 saturated heterocycles. The van der Waals surface area contributed by atoms with Crippen LogP contribution in [-0.4, -0.2) is 55.9 Å². The topological polar surface area (TPSA) is 115 Å². The number of carbonyl (C=O) groups excluding carboxylic acids is 2. The van der Waals surface area contributed by atoms with Crippen LogP contribution >= 0.6 is 0 Å². The van der Waals surface area contributed by atoms with Crippen molar-refractivity contribution in [2.24, 2.45) is 0 Å². The van der Waals surface area contributed by atoms with E-state index in [9.17, 15) is 9.59 Å². The van der Waals surface area contributed by atoms with Gasteiger partial charge in [-0.2, -0.15) is 4.98 Å². The molecule has 10 heteroatoms. The van der Waals surface area contributed by atoms with Crippen molar-refractivity contribution in [3.05, 3.63) is 65.9 Å². The number of aryl methyl sites for hydroxylation is 1. The lowest BCUT2D eigenvalue weighted by Crippen LogP contribution is -2.41. The second-order valence-corrected chi connectivity index (χ2v) is 7.84. The van der Waals surface area contributed by atoms with Gasteiger partial charge in [-0.05, 0) is 30.7 Å². The number of fused-ring (bicyclic) bond motifs is 1. The van der Waals surface area contributed by atoms with Crippen LogP contribution < -0.4 is 5.32 Å². The summed E-state index contributed by atoms with van der Waals surface area (Å²) < 4.78 is 12.9. The predicted molar refractivity (Wildman–Crippen MR) is 119 cm³/mol. The van der Waals surface area contributed by atoms with Crippen molar-refractivity contribution < 1.29 is 18.8 Å². The van der Waals surface area contributed by atoms with Gasteiger partial charge in [0.1, 0.15) is 11.3 Å². The smallest absolute Gasteiger partial charge is 0.274 e. The van der Waals surface area contributed by atoms with Gasteiger partial charge in [0, 0.05) is 30.9 Å². The molecule has 0 spiro atoms. The monoisotopic (exact) mass is 446 g/mol. The third-order valence-electron chi connectivity index (χ3n) is 5.62. The SMILES string of the molecule is CC(=O)N1CCOC(c2nc(-c3ccc(C)c(NC(=O)c4cnc5ccccn45)c3)no2)C1. The van der Waals surface area contributed by atoms with Crippen molar-refractivity contribution in [2.75, 3.05) is 25.0 Å². The van der Waals surface area contributed by atoms with E-state index in [1.54, 1.807) is 27.8 Å². The Bertz CT molecular complexity index is 1340. The molecule has 3 aromatic heterocycles. The Morgan fingerprint density at radius 1 is 1.21 bits per heavy atom. The van der Waals surface area contributed by atoms with Crippen molar-refractivity contribution >= 4 is 23.1 Å². The van der Waals surface area contributed by atoms with E-state index < -0.39 is 6.10 Å². The number of hydrogen-bond acceptors (Lipinski definition) is 7. The van der Waals surface area contributed by atoms with E-state index in [1.165, 1.54) is 6.92 Å². The van der Waals surface area contributed by atoms with Gasteiger partial charge in [-0.3, -0.25) is 14.0 Å². The van der Waals surface area contributed by atoms with Crippen LogP contribution in [0.25, 0.3) is 17.0 Å². The fraction of sp³-hybridized carbons (Fsp3) is 0.261. The lowest BCUT2D eigenvalue weighted by atomic mass is 10.1. The first-order chi connectivity index (χ1) is 16.0. The molecular formula is C23H22N6O4. The second kappa shape index (κ2) is 8.47. The van der Waals surface area contributed by atoms with Gasteiger partial charge in [0.15, 0.2) is 6.10 Å². The van der Waals surface area contributed by atoms with Gasteiger partial charge < -0.3 is 19.5 Å². The minimum Gasteiger partial charge on any atom is -0.365 e. The maximum atomic E-state index is 12.9. The molecule has 1 aromatic carbocycles. The number of aromatic nitrogens is 4. The third kappa shape index (κ3) is 4.08. The van der Waals surface area contributed by atoms with Gasteiger partial charge in [-0.1, -0.05) is 23.4 Å². The Morgan fingerprint density at radius 2 is 2.09 bits per heavy atom. The molecule has 1 aliphatic heterocycles. The van der Waals surface area contributed by atoms with E-state index in [0.717, 1.165) is 5.56 Å². The maximum absolute atomic E-state index is 12.9. The molecule has 33 heavy (non-hydrogen) atoms. The van der Waals surface area contributed by atoms with Gasteiger partial charge in [0.05, 0.1) is 19.3 Å². The van der Waals surface area contributed by atoms with Crippen molar-refractivity contribution in [3.8, 4) is 11.4 Å². The van der Waals surface area contributed by atoms with E-state index in [4.69, 9.17) is 9.26 Å². The van der Waals surface area contributed by atoms with Crippen LogP contribution in [0.3, 0.4) is 0 Å². The molecule has 4 aromatic rings. The molecule has 0 saturated carbocycles. The third-order valence-corrected chi connectivity index (χ3v) is 5.62. The first kappa shape index (κ1) is 20.8. The van der Waals surface area contributed by atoms with Gasteiger partial charge >= 0.3 is 0 Å². The number of benzene rings is 1. The minimum atomic E-state index is -0.469. The zero-order chi connectivity index (χ0) is 22.9. The molecular weight excluding hydrogens is 424 g/mol. The molecule has 5 rings (SSSR count). The number of carbonyl (C=O) groups is 2. The van der Waals surface area contributed by atoms with Crippen LogP contribution in [-0.2, 0) is 9.53 Å². The number of ether oxygens (including phenoxy) is 1. The highest BCUT2D eigenvalue weighted by molar-refractivity contribution is 6.04. The van der Waals surface area contributed by atoms with E-state index in [2.05, 4.69) is 20.4 Å². The standard InChI is InChI=1S/C23H22N6O4/c1-14-6-7-16(21-26-23(33-27-21)19-13-28(15(2)30)9-10-32-19)11-17(14)25-22(31)18-12-24-20-5-3-4-8-29(18)20/h3-8,11-12,19H,9-10,13H2,1-2H3,(H,25,31). The number of hydrogen-bond donors (Lipinski definition) is 1. The highest BCUT2D eigenvalue weighted by atomic mass is 16.5. The molecule has 1 atom stereocenters. The van der Waals surface area contributed by atoms with Gasteiger partial charge in [0.2, 0.25) is 11.7 Å². The van der Waals surface area contributed by atoms with Crippen LogP contribution in [0.1, 0.15) is 35.0 Å². The highest BCUT2D eigenvalue weighted by Crippen LogP contribution is 2.27. The normalized spacial score (nSPS) is 16.2. The number of pyridine rings is 1. The molecule has 10 nitrogen and oxygen atoms in total. The van der Waals surface area contributed by atoms with Crippen LogP contribution in [0.4, 0.5) is 5.69 Å². The van der Waals surface area contributed by atoms with Gasteiger partial charge in [-0.25, -0.2) is 4.98 Å². The highest BCUT2D eigenvalue weighted by Gasteiger charge is 2.28. The summed E-state index contributed by atoms with van der Waals surface area (Å²) in [6, 6.07) is 11.1. The first-order valence-electron chi connectivity index (χ1n) is 10.5. The predicted octanol–water partition coefficient (Wildman–Crippen LogP) is 2.86. The summed E-state index contributed by atoms with van der Waals surface area (Å²) in [5.74, 6) is 0.391. The summed E-state index contributed by atoms with van der Waals surface area (Å²) in [5, 5.41) is 7.02. The largest absolute Gasteiger partial charge is 0.365 e. The average Bonchev–Trinajstić information content (AvgIpc) is 3.48. The van der Waals surface area contributed by atoms with Crippen LogP contribution in [0, 0.1) is 6.92 Å². The Morgan fingerprint density at radius 3 is 2.94 bits per heavy atom. The zero-order valence-corrected chi connectivity index (χ0v) is 18.2. The molecule has 1 N–H and O–H groups in total. The number of imidazole rings is 1. The van der Waals surface area contributed by atoms with Crippen molar-refractivity contribution in [2.45, 2.75) is 20.0 Å². The lowest BCUT2D eigenvalue weighted by molar-refractivity contribution is -0.137. The molecule has 2 amide bonds. The van der Waals surface area contributed by atoms with Crippen LogP contribution in [0.15, 0.2) is 53.3 Å². The fourth-order valence-electron chi connectivity index (χ4n) is 3.75. The van der Waals surface area contributed by atoms with E-state index >= 15 is 0 Å². The first-order valence-corrected chi connectivity index (χ1v) is 10.5. The molecule has 1 aliphatic rings. The number of morpholine rings is 1. The minimum absolute atomic E-state index is 0.0204. The lowest BCUT2D eigenvalue weighted by Gasteiger charge is -2.30. The summed E-state index contributed by atoms with van der Waals surface area (Å²) in [7, 11) is 0. The molecule has 0 radical (unpaired) electrons. The summed E-state index contributed by atoms with van der Waals surface area (Å²) in [6.45, 7) is 4.75. The molecule has 0 aliphatic carbocycles. The Hall–Kier alpha value is -4.05. The number of nitrogens with one attached hydrogen (secondary N) is 1. The number of anilines is 1. The Kier molecular flexibility index (Phi) is 5.35. The fourth-order valence-corrected chi connectivity index (χ4v) is 3.75.